The summed E-state index contributed by atoms with van der Waals surface area (Å²) < 4.78 is 48.7. The van der Waals surface area contributed by atoms with E-state index >= 15 is 0 Å². The van der Waals surface area contributed by atoms with E-state index in [-0.39, 0.29) is 47.7 Å². The summed E-state index contributed by atoms with van der Waals surface area (Å²) in [6, 6.07) is 6.88. The van der Waals surface area contributed by atoms with Gasteiger partial charge in [0.2, 0.25) is 11.8 Å². The molecule has 8 nitrogen and oxygen atoms in total. The van der Waals surface area contributed by atoms with Crippen molar-refractivity contribution in [2.75, 3.05) is 49.6 Å². The van der Waals surface area contributed by atoms with Crippen molar-refractivity contribution in [3.8, 4) is 11.9 Å². The number of amides is 1. The SMILES string of the molecule is C=CC(=O)N1[C@H](C)CN(c2c(C#N)c(OC[C@@H]3CCCN3C)nc3c2CCN(c2cccc(C)c2C(F)(F)F)C3)C[C@@H]1C. The number of pyridine rings is 1. The average molecular weight is 597 g/mol. The maximum Gasteiger partial charge on any atom is 0.418 e. The summed E-state index contributed by atoms with van der Waals surface area (Å²) in [5, 5.41) is 10.5. The number of carbonyl (C=O) groups is 1. The van der Waals surface area contributed by atoms with Gasteiger partial charge in [-0.25, -0.2) is 4.98 Å². The van der Waals surface area contributed by atoms with Crippen LogP contribution in [0.5, 0.6) is 5.88 Å². The normalized spacial score (nSPS) is 22.7. The van der Waals surface area contributed by atoms with Crippen molar-refractivity contribution in [2.24, 2.45) is 0 Å². The molecule has 3 aliphatic rings. The Kier molecular flexibility index (Phi) is 8.61. The van der Waals surface area contributed by atoms with Crippen LogP contribution in [0.15, 0.2) is 30.9 Å². The number of rotatable bonds is 6. The van der Waals surface area contributed by atoms with E-state index in [0.717, 1.165) is 24.9 Å². The molecule has 0 bridgehead atoms. The zero-order valence-electron chi connectivity index (χ0n) is 25.2. The zero-order chi connectivity index (χ0) is 31.1. The third kappa shape index (κ3) is 5.90. The number of piperazine rings is 1. The summed E-state index contributed by atoms with van der Waals surface area (Å²) in [6.45, 7) is 11.9. The first-order valence-corrected chi connectivity index (χ1v) is 14.8. The number of nitrogens with zero attached hydrogens (tertiary/aromatic N) is 6. The van der Waals surface area contributed by atoms with Crippen molar-refractivity contribution in [1.29, 1.82) is 5.26 Å². The van der Waals surface area contributed by atoms with Crippen LogP contribution in [0.3, 0.4) is 0 Å². The predicted molar refractivity (Wildman–Crippen MR) is 159 cm³/mol. The number of benzene rings is 1. The number of nitriles is 1. The first-order chi connectivity index (χ1) is 20.4. The van der Waals surface area contributed by atoms with Crippen molar-refractivity contribution in [3.05, 3.63) is 58.8 Å². The van der Waals surface area contributed by atoms with E-state index in [0.29, 0.717) is 49.6 Å². The van der Waals surface area contributed by atoms with Crippen LogP contribution in [0.4, 0.5) is 24.5 Å². The van der Waals surface area contributed by atoms with Gasteiger partial charge in [-0.05, 0) is 71.3 Å². The monoisotopic (exact) mass is 596 g/mol. The molecular weight excluding hydrogens is 557 g/mol. The smallest absolute Gasteiger partial charge is 0.418 e. The Hall–Kier alpha value is -3.78. The summed E-state index contributed by atoms with van der Waals surface area (Å²) in [5.74, 6) is 0.0690. The van der Waals surface area contributed by atoms with Crippen LogP contribution in [-0.4, -0.2) is 78.7 Å². The van der Waals surface area contributed by atoms with Gasteiger partial charge < -0.3 is 24.3 Å². The second-order valence-electron chi connectivity index (χ2n) is 12.0. The molecule has 0 radical (unpaired) electrons. The number of alkyl halides is 3. The Morgan fingerprint density at radius 2 is 1.93 bits per heavy atom. The number of aromatic nitrogens is 1. The quantitative estimate of drug-likeness (QED) is 0.438. The number of anilines is 2. The molecule has 1 aromatic heterocycles. The molecule has 2 saturated heterocycles. The lowest BCUT2D eigenvalue weighted by atomic mass is 9.95. The zero-order valence-corrected chi connectivity index (χ0v) is 25.2. The highest BCUT2D eigenvalue weighted by molar-refractivity contribution is 5.88. The lowest BCUT2D eigenvalue weighted by Gasteiger charge is -2.46. The number of ether oxygens (including phenoxy) is 1. The van der Waals surface area contributed by atoms with Crippen LogP contribution in [-0.2, 0) is 23.9 Å². The summed E-state index contributed by atoms with van der Waals surface area (Å²) in [7, 11) is 2.04. The molecule has 230 valence electrons. The summed E-state index contributed by atoms with van der Waals surface area (Å²) >= 11 is 0. The fourth-order valence-corrected chi connectivity index (χ4v) is 6.99. The molecule has 0 unspecified atom stereocenters. The Labute approximate surface area is 251 Å². The number of halogens is 3. The predicted octanol–water partition coefficient (Wildman–Crippen LogP) is 4.93. The van der Waals surface area contributed by atoms with E-state index in [2.05, 4.69) is 22.4 Å². The molecule has 4 heterocycles. The Morgan fingerprint density at radius 1 is 1.21 bits per heavy atom. The lowest BCUT2D eigenvalue weighted by molar-refractivity contribution is -0.137. The van der Waals surface area contributed by atoms with Crippen LogP contribution in [0.1, 0.15) is 54.6 Å². The molecule has 5 rings (SSSR count). The minimum absolute atomic E-state index is 0.125. The van der Waals surface area contributed by atoms with Crippen molar-refractivity contribution in [2.45, 2.75) is 70.9 Å². The van der Waals surface area contributed by atoms with Crippen molar-refractivity contribution in [1.82, 2.24) is 14.8 Å². The molecule has 11 heteroatoms. The van der Waals surface area contributed by atoms with Gasteiger partial charge >= 0.3 is 6.18 Å². The highest BCUT2D eigenvalue weighted by atomic mass is 19.4. The first-order valence-electron chi connectivity index (χ1n) is 14.8. The van der Waals surface area contributed by atoms with Crippen molar-refractivity contribution in [3.63, 3.8) is 0 Å². The van der Waals surface area contributed by atoms with E-state index < -0.39 is 11.7 Å². The maximum atomic E-state index is 14.2. The van der Waals surface area contributed by atoms with E-state index in [1.165, 1.54) is 25.1 Å². The van der Waals surface area contributed by atoms with Gasteiger partial charge in [0.15, 0.2) is 0 Å². The van der Waals surface area contributed by atoms with Crippen LogP contribution < -0.4 is 14.5 Å². The van der Waals surface area contributed by atoms with Crippen molar-refractivity contribution >= 4 is 17.3 Å². The summed E-state index contributed by atoms with van der Waals surface area (Å²) in [4.78, 5) is 25.3. The summed E-state index contributed by atoms with van der Waals surface area (Å²) in [6.07, 6.45) is -0.724. The molecule has 3 atom stereocenters. The number of hydrogen-bond acceptors (Lipinski definition) is 7. The molecular formula is C32H39F3N6O2. The van der Waals surface area contributed by atoms with Crippen LogP contribution in [0.2, 0.25) is 0 Å². The molecule has 3 aliphatic heterocycles. The van der Waals surface area contributed by atoms with Gasteiger partial charge in [-0.2, -0.15) is 18.4 Å². The van der Waals surface area contributed by atoms with Crippen molar-refractivity contribution < 1.29 is 22.7 Å². The maximum absolute atomic E-state index is 14.2. The van der Waals surface area contributed by atoms with Crippen LogP contribution >= 0.6 is 0 Å². The molecule has 2 aromatic rings. The second kappa shape index (κ2) is 12.1. The number of carbonyl (C=O) groups excluding carboxylic acids is 1. The standard InChI is InChI=1S/C32H39F3N6O2/c1-6-28(42)41-21(3)16-40(17-22(41)4)30-24-12-14-39(27-11-7-9-20(2)29(27)32(33,34)35)18-26(24)37-31(25(30)15-36)43-19-23-10-8-13-38(23)5/h6-7,9,11,21-23H,1,8,10,12-14,16-19H2,2-5H3/t21-,22+,23-/m0/s1. The highest BCUT2D eigenvalue weighted by Crippen LogP contribution is 2.43. The average Bonchev–Trinajstić information content (AvgIpc) is 3.37. The van der Waals surface area contributed by atoms with Gasteiger partial charge in [0.05, 0.1) is 23.5 Å². The highest BCUT2D eigenvalue weighted by Gasteiger charge is 2.39. The Morgan fingerprint density at radius 3 is 2.53 bits per heavy atom. The Bertz CT molecular complexity index is 1430. The minimum atomic E-state index is -4.50. The lowest BCUT2D eigenvalue weighted by Crippen LogP contribution is -2.58. The van der Waals surface area contributed by atoms with Gasteiger partial charge in [-0.3, -0.25) is 4.79 Å². The largest absolute Gasteiger partial charge is 0.475 e. The van der Waals surface area contributed by atoms with Crippen LogP contribution in [0.25, 0.3) is 0 Å². The molecule has 2 fully saturated rings. The van der Waals surface area contributed by atoms with E-state index in [1.54, 1.807) is 15.9 Å². The van der Waals surface area contributed by atoms with Crippen LogP contribution in [0, 0.1) is 18.3 Å². The fourth-order valence-electron chi connectivity index (χ4n) is 6.99. The third-order valence-corrected chi connectivity index (χ3v) is 9.03. The van der Waals surface area contributed by atoms with Gasteiger partial charge in [-0.1, -0.05) is 18.7 Å². The number of likely N-dealkylation sites (tertiary alicyclic amines) is 1. The topological polar surface area (TPSA) is 75.9 Å². The fraction of sp³-hybridized carbons (Fsp3) is 0.531. The molecule has 0 N–H and O–H groups in total. The summed E-state index contributed by atoms with van der Waals surface area (Å²) in [5.41, 5.74) is 2.16. The molecule has 1 aromatic carbocycles. The molecule has 0 spiro atoms. The van der Waals surface area contributed by atoms with E-state index in [1.807, 2.05) is 20.9 Å². The number of likely N-dealkylation sites (N-methyl/N-ethyl adjacent to an activating group) is 1. The number of fused-ring (bicyclic) bond motifs is 1. The van der Waals surface area contributed by atoms with Gasteiger partial charge in [-0.15, -0.1) is 0 Å². The number of aryl methyl sites for hydroxylation is 1. The van der Waals surface area contributed by atoms with E-state index in [9.17, 15) is 23.2 Å². The van der Waals surface area contributed by atoms with Gasteiger partial charge in [0.25, 0.3) is 0 Å². The molecule has 43 heavy (non-hydrogen) atoms. The van der Waals surface area contributed by atoms with Gasteiger partial charge in [0.1, 0.15) is 18.2 Å². The van der Waals surface area contributed by atoms with Gasteiger partial charge in [0, 0.05) is 49.0 Å². The molecule has 0 saturated carbocycles. The molecule has 0 aliphatic carbocycles. The first kappa shape index (κ1) is 30.7. The second-order valence-corrected chi connectivity index (χ2v) is 12.0. The minimum Gasteiger partial charge on any atom is -0.475 e. The van der Waals surface area contributed by atoms with E-state index in [4.69, 9.17) is 9.72 Å². The number of hydrogen-bond donors (Lipinski definition) is 0. The molecule has 1 amide bonds. The Balaban J connectivity index is 1.57. The third-order valence-electron chi connectivity index (χ3n) is 9.03.